The van der Waals surface area contributed by atoms with Gasteiger partial charge in [0.1, 0.15) is 11.7 Å². The number of hydrogen-bond donors (Lipinski definition) is 1. The monoisotopic (exact) mass is 345 g/mol. The Morgan fingerprint density at radius 1 is 1.12 bits per heavy atom. The summed E-state index contributed by atoms with van der Waals surface area (Å²) in [5, 5.41) is 2.55. The molecule has 1 amide bonds. The lowest BCUT2D eigenvalue weighted by atomic mass is 9.91. The quantitative estimate of drug-likeness (QED) is 0.537. The summed E-state index contributed by atoms with van der Waals surface area (Å²) >= 11 is 0. The van der Waals surface area contributed by atoms with Crippen LogP contribution in [0.15, 0.2) is 0 Å². The molecule has 0 aliphatic rings. The van der Waals surface area contributed by atoms with Gasteiger partial charge in [-0.15, -0.1) is 0 Å². The Morgan fingerprint density at radius 2 is 1.71 bits per heavy atom. The number of hydrogen-bond acceptors (Lipinski definition) is 6. The van der Waals surface area contributed by atoms with E-state index in [4.69, 9.17) is 14.2 Å². The lowest BCUT2D eigenvalue weighted by Crippen LogP contribution is -2.44. The van der Waals surface area contributed by atoms with E-state index in [1.807, 2.05) is 13.8 Å². The van der Waals surface area contributed by atoms with Crippen molar-refractivity contribution in [2.45, 2.75) is 66.6 Å². The molecule has 7 heteroatoms. The van der Waals surface area contributed by atoms with E-state index >= 15 is 0 Å². The maximum atomic E-state index is 12.2. The first-order valence-corrected chi connectivity index (χ1v) is 8.27. The summed E-state index contributed by atoms with van der Waals surface area (Å²) in [6, 6.07) is 0. The second kappa shape index (κ2) is 10.2. The minimum Gasteiger partial charge on any atom is -0.466 e. The molecule has 0 unspecified atom stereocenters. The Hall–Kier alpha value is -1.79. The van der Waals surface area contributed by atoms with Gasteiger partial charge in [-0.25, -0.2) is 4.79 Å². The van der Waals surface area contributed by atoms with Crippen LogP contribution in [0.1, 0.15) is 54.9 Å². The Morgan fingerprint density at radius 3 is 2.12 bits per heavy atom. The molecule has 0 saturated heterocycles. The van der Waals surface area contributed by atoms with Crippen LogP contribution in [0, 0.1) is 11.8 Å². The molecule has 0 rings (SSSR count). The van der Waals surface area contributed by atoms with Gasteiger partial charge >= 0.3 is 18.0 Å². The topological polar surface area (TPSA) is 90.9 Å². The van der Waals surface area contributed by atoms with Gasteiger partial charge in [-0.3, -0.25) is 9.59 Å². The third kappa shape index (κ3) is 10.1. The highest BCUT2D eigenvalue weighted by molar-refractivity contribution is 5.74. The predicted molar refractivity (Wildman–Crippen MR) is 89.4 cm³/mol. The molecular formula is C17H31NO6. The van der Waals surface area contributed by atoms with Crippen LogP contribution in [-0.2, 0) is 23.8 Å². The van der Waals surface area contributed by atoms with E-state index in [9.17, 15) is 14.4 Å². The van der Waals surface area contributed by atoms with Crippen LogP contribution in [0.25, 0.3) is 0 Å². The molecule has 2 atom stereocenters. The van der Waals surface area contributed by atoms with Gasteiger partial charge in [-0.2, -0.15) is 0 Å². The molecule has 0 aliphatic heterocycles. The van der Waals surface area contributed by atoms with Crippen LogP contribution < -0.4 is 5.32 Å². The molecule has 0 fully saturated rings. The maximum Gasteiger partial charge on any atom is 0.407 e. The van der Waals surface area contributed by atoms with Crippen LogP contribution in [0.4, 0.5) is 4.79 Å². The predicted octanol–water partition coefficient (Wildman–Crippen LogP) is 2.67. The molecular weight excluding hydrogens is 314 g/mol. The minimum atomic E-state index is -0.809. The van der Waals surface area contributed by atoms with Crippen molar-refractivity contribution in [3.8, 4) is 0 Å². The normalized spacial score (nSPS) is 13.8. The van der Waals surface area contributed by atoms with Crippen molar-refractivity contribution in [2.24, 2.45) is 11.8 Å². The number of carbonyl (C=O) groups is 3. The van der Waals surface area contributed by atoms with Gasteiger partial charge < -0.3 is 19.5 Å². The van der Waals surface area contributed by atoms with Crippen LogP contribution in [0.3, 0.4) is 0 Å². The molecule has 0 spiro atoms. The van der Waals surface area contributed by atoms with E-state index in [-0.39, 0.29) is 19.1 Å². The third-order valence-corrected chi connectivity index (χ3v) is 2.93. The van der Waals surface area contributed by atoms with Gasteiger partial charge in [-0.1, -0.05) is 13.8 Å². The number of carbonyl (C=O) groups excluding carboxylic acids is 3. The minimum absolute atomic E-state index is 0.0231. The fourth-order valence-corrected chi connectivity index (χ4v) is 2.13. The van der Waals surface area contributed by atoms with Crippen molar-refractivity contribution in [3.63, 3.8) is 0 Å². The smallest absolute Gasteiger partial charge is 0.407 e. The van der Waals surface area contributed by atoms with Crippen LogP contribution in [0.2, 0.25) is 0 Å². The summed E-state index contributed by atoms with van der Waals surface area (Å²) in [6.07, 6.45) is -0.962. The molecule has 0 saturated carbocycles. The average Bonchev–Trinajstić information content (AvgIpc) is 2.38. The highest BCUT2D eigenvalue weighted by Gasteiger charge is 2.33. The fourth-order valence-electron chi connectivity index (χ4n) is 2.13. The number of alkyl carbamates (subject to hydrolysis) is 1. The van der Waals surface area contributed by atoms with Gasteiger partial charge in [0.2, 0.25) is 0 Å². The second-order valence-electron chi connectivity index (χ2n) is 7.02. The van der Waals surface area contributed by atoms with Crippen molar-refractivity contribution in [1.82, 2.24) is 5.32 Å². The first kappa shape index (κ1) is 22.2. The highest BCUT2D eigenvalue weighted by Crippen LogP contribution is 2.20. The van der Waals surface area contributed by atoms with Gasteiger partial charge in [0.15, 0.2) is 0 Å². The molecule has 0 aromatic rings. The second-order valence-corrected chi connectivity index (χ2v) is 7.02. The van der Waals surface area contributed by atoms with Gasteiger partial charge in [0, 0.05) is 6.92 Å². The summed E-state index contributed by atoms with van der Waals surface area (Å²) < 4.78 is 15.5. The molecule has 0 bridgehead atoms. The summed E-state index contributed by atoms with van der Waals surface area (Å²) in [7, 11) is 0. The molecule has 140 valence electrons. The summed E-state index contributed by atoms with van der Waals surface area (Å²) in [6.45, 7) is 12.3. The molecule has 0 aliphatic carbocycles. The van der Waals surface area contributed by atoms with Crippen LogP contribution in [-0.4, -0.2) is 42.9 Å². The molecule has 0 aromatic carbocycles. The lowest BCUT2D eigenvalue weighted by molar-refractivity contribution is -0.161. The maximum absolute atomic E-state index is 12.2. The van der Waals surface area contributed by atoms with Crippen molar-refractivity contribution in [1.29, 1.82) is 0 Å². The van der Waals surface area contributed by atoms with Gasteiger partial charge in [0.05, 0.1) is 19.1 Å². The van der Waals surface area contributed by atoms with E-state index in [1.165, 1.54) is 6.92 Å². The first-order chi connectivity index (χ1) is 11.0. The van der Waals surface area contributed by atoms with Crippen molar-refractivity contribution < 1.29 is 28.6 Å². The van der Waals surface area contributed by atoms with E-state index in [0.29, 0.717) is 6.42 Å². The SMILES string of the molecule is CCOC(=O)[C@H](CC(C)C)[C@H](CNC(=O)OC(C)(C)C)OC(C)=O. The molecule has 7 nitrogen and oxygen atoms in total. The summed E-state index contributed by atoms with van der Waals surface area (Å²) in [4.78, 5) is 35.4. The van der Waals surface area contributed by atoms with Crippen molar-refractivity contribution in [2.75, 3.05) is 13.2 Å². The zero-order valence-corrected chi connectivity index (χ0v) is 15.8. The molecule has 0 aromatic heterocycles. The Kier molecular flexibility index (Phi) is 9.40. The Balaban J connectivity index is 5.05. The number of esters is 2. The number of ether oxygens (including phenoxy) is 3. The Labute approximate surface area is 144 Å². The number of amides is 1. The Bertz CT molecular complexity index is 427. The average molecular weight is 345 g/mol. The van der Waals surface area contributed by atoms with E-state index in [1.54, 1.807) is 27.7 Å². The van der Waals surface area contributed by atoms with Crippen molar-refractivity contribution >= 4 is 18.0 Å². The fraction of sp³-hybridized carbons (Fsp3) is 0.824. The third-order valence-electron chi connectivity index (χ3n) is 2.93. The standard InChI is InChI=1S/C17H31NO6/c1-8-22-15(20)13(9-11(2)3)14(23-12(4)19)10-18-16(21)24-17(5,6)7/h11,13-14H,8-10H2,1-7H3,(H,18,21)/t13-,14+/m1/s1. The van der Waals surface area contributed by atoms with Gasteiger partial charge in [0.25, 0.3) is 0 Å². The van der Waals surface area contributed by atoms with E-state index < -0.39 is 35.7 Å². The van der Waals surface area contributed by atoms with E-state index in [0.717, 1.165) is 0 Å². The summed E-state index contributed by atoms with van der Waals surface area (Å²) in [5.41, 5.74) is -0.639. The zero-order valence-electron chi connectivity index (χ0n) is 15.8. The molecule has 0 heterocycles. The van der Waals surface area contributed by atoms with Crippen LogP contribution >= 0.6 is 0 Å². The van der Waals surface area contributed by atoms with E-state index in [2.05, 4.69) is 5.32 Å². The van der Waals surface area contributed by atoms with Crippen molar-refractivity contribution in [3.05, 3.63) is 0 Å². The first-order valence-electron chi connectivity index (χ1n) is 8.27. The molecule has 24 heavy (non-hydrogen) atoms. The molecule has 1 N–H and O–H groups in total. The molecule has 0 radical (unpaired) electrons. The highest BCUT2D eigenvalue weighted by atomic mass is 16.6. The van der Waals surface area contributed by atoms with Crippen LogP contribution in [0.5, 0.6) is 0 Å². The van der Waals surface area contributed by atoms with Gasteiger partial charge in [-0.05, 0) is 40.0 Å². The summed E-state index contributed by atoms with van der Waals surface area (Å²) in [5.74, 6) is -1.42. The largest absolute Gasteiger partial charge is 0.466 e. The number of nitrogens with one attached hydrogen (secondary N) is 1. The zero-order chi connectivity index (χ0) is 18.9. The number of rotatable bonds is 8. The lowest BCUT2D eigenvalue weighted by Gasteiger charge is -2.27.